The minimum Gasteiger partial charge on any atom is -0.357 e. The Labute approximate surface area is 164 Å². The van der Waals surface area contributed by atoms with Crippen LogP contribution in [0.15, 0.2) is 29.3 Å². The molecule has 3 rings (SSSR count). The molecule has 0 amide bonds. The number of aryl methyl sites for hydroxylation is 4. The van der Waals surface area contributed by atoms with Crippen LogP contribution in [0.5, 0.6) is 0 Å². The Morgan fingerprint density at radius 3 is 2.70 bits per heavy atom. The van der Waals surface area contributed by atoms with Gasteiger partial charge in [-0.25, -0.2) is 15.0 Å². The molecule has 2 N–H and O–H groups in total. The second kappa shape index (κ2) is 8.99. The third-order valence-corrected chi connectivity index (χ3v) is 5.54. The molecule has 3 aromatic rings. The second-order valence-corrected chi connectivity index (χ2v) is 7.81. The maximum Gasteiger partial charge on any atom is 0.191 e. The lowest BCUT2D eigenvalue weighted by Gasteiger charge is -2.12. The Morgan fingerprint density at radius 1 is 1.15 bits per heavy atom. The number of fused-ring (bicyclic) bond motifs is 1. The molecule has 0 aliphatic heterocycles. The van der Waals surface area contributed by atoms with E-state index in [1.165, 1.54) is 10.4 Å². The van der Waals surface area contributed by atoms with Gasteiger partial charge in [0.05, 0.1) is 23.3 Å². The van der Waals surface area contributed by atoms with Crippen molar-refractivity contribution in [3.8, 4) is 0 Å². The molecule has 0 spiro atoms. The molecule has 2 heterocycles. The first-order valence-electron chi connectivity index (χ1n) is 9.45. The SMILES string of the molecule is CCNC(=NCc1nc(C)c(C)s1)NCCCn1c(C)nc2ccccc21. The van der Waals surface area contributed by atoms with E-state index in [0.717, 1.165) is 54.1 Å². The van der Waals surface area contributed by atoms with Gasteiger partial charge < -0.3 is 15.2 Å². The van der Waals surface area contributed by atoms with Crippen LogP contribution >= 0.6 is 11.3 Å². The highest BCUT2D eigenvalue weighted by molar-refractivity contribution is 7.11. The Bertz CT molecular complexity index is 904. The van der Waals surface area contributed by atoms with E-state index < -0.39 is 0 Å². The average Bonchev–Trinajstić information content (AvgIpc) is 3.15. The van der Waals surface area contributed by atoms with E-state index in [2.05, 4.69) is 69.1 Å². The normalized spacial score (nSPS) is 11.9. The summed E-state index contributed by atoms with van der Waals surface area (Å²) in [5, 5.41) is 7.79. The summed E-state index contributed by atoms with van der Waals surface area (Å²) in [6.07, 6.45) is 1.00. The first kappa shape index (κ1) is 19.4. The van der Waals surface area contributed by atoms with E-state index in [1.54, 1.807) is 11.3 Å². The first-order chi connectivity index (χ1) is 13.1. The van der Waals surface area contributed by atoms with Gasteiger partial charge in [-0.2, -0.15) is 0 Å². The van der Waals surface area contributed by atoms with Gasteiger partial charge in [-0.3, -0.25) is 0 Å². The lowest BCUT2D eigenvalue weighted by molar-refractivity contribution is 0.624. The van der Waals surface area contributed by atoms with Crippen LogP contribution < -0.4 is 10.6 Å². The molecular formula is C20H28N6S. The van der Waals surface area contributed by atoms with E-state index in [1.807, 2.05) is 13.0 Å². The molecule has 7 heteroatoms. The summed E-state index contributed by atoms with van der Waals surface area (Å²) in [7, 11) is 0. The highest BCUT2D eigenvalue weighted by Gasteiger charge is 2.07. The molecule has 0 atom stereocenters. The smallest absolute Gasteiger partial charge is 0.191 e. The highest BCUT2D eigenvalue weighted by atomic mass is 32.1. The summed E-state index contributed by atoms with van der Waals surface area (Å²) >= 11 is 1.72. The summed E-state index contributed by atoms with van der Waals surface area (Å²) in [4.78, 5) is 15.1. The molecule has 0 radical (unpaired) electrons. The standard InChI is InChI=1S/C20H28N6S/c1-5-21-20(23-13-19-24-14(2)15(3)27-19)22-11-8-12-26-16(4)25-17-9-6-7-10-18(17)26/h6-7,9-10H,5,8,11-13H2,1-4H3,(H2,21,22,23). The molecule has 0 unspecified atom stereocenters. The van der Waals surface area contributed by atoms with Crippen LogP contribution in [-0.4, -0.2) is 33.6 Å². The van der Waals surface area contributed by atoms with Crippen molar-refractivity contribution in [2.75, 3.05) is 13.1 Å². The lowest BCUT2D eigenvalue weighted by atomic mass is 10.3. The molecule has 6 nitrogen and oxygen atoms in total. The molecule has 144 valence electrons. The van der Waals surface area contributed by atoms with Crippen LogP contribution in [0.4, 0.5) is 0 Å². The maximum atomic E-state index is 4.66. The van der Waals surface area contributed by atoms with Crippen LogP contribution in [0.25, 0.3) is 11.0 Å². The number of thiazole rings is 1. The first-order valence-corrected chi connectivity index (χ1v) is 10.3. The van der Waals surface area contributed by atoms with Gasteiger partial charge in [-0.1, -0.05) is 12.1 Å². The molecule has 0 saturated heterocycles. The van der Waals surface area contributed by atoms with Crippen LogP contribution in [-0.2, 0) is 13.1 Å². The molecular weight excluding hydrogens is 356 g/mol. The van der Waals surface area contributed by atoms with Crippen molar-refractivity contribution >= 4 is 28.3 Å². The molecule has 27 heavy (non-hydrogen) atoms. The van der Waals surface area contributed by atoms with E-state index in [9.17, 15) is 0 Å². The number of rotatable bonds is 7. The predicted molar refractivity (Wildman–Crippen MR) is 113 cm³/mol. The number of aliphatic imine (C=N–C) groups is 1. The Kier molecular flexibility index (Phi) is 6.45. The van der Waals surface area contributed by atoms with Crippen LogP contribution in [0.1, 0.15) is 34.7 Å². The number of imidazole rings is 1. The highest BCUT2D eigenvalue weighted by Crippen LogP contribution is 2.17. The van der Waals surface area contributed by atoms with E-state index >= 15 is 0 Å². The fourth-order valence-corrected chi connectivity index (χ4v) is 3.88. The van der Waals surface area contributed by atoms with E-state index in [-0.39, 0.29) is 0 Å². The van der Waals surface area contributed by atoms with Crippen LogP contribution in [0, 0.1) is 20.8 Å². The van der Waals surface area contributed by atoms with Crippen molar-refractivity contribution in [1.82, 2.24) is 25.2 Å². The number of nitrogens with zero attached hydrogens (tertiary/aromatic N) is 4. The molecule has 0 saturated carbocycles. The van der Waals surface area contributed by atoms with Crippen molar-refractivity contribution in [2.45, 2.75) is 47.2 Å². The fourth-order valence-electron chi connectivity index (χ4n) is 3.02. The van der Waals surface area contributed by atoms with Crippen LogP contribution in [0.2, 0.25) is 0 Å². The summed E-state index contributed by atoms with van der Waals surface area (Å²) in [5.41, 5.74) is 3.36. The van der Waals surface area contributed by atoms with Gasteiger partial charge in [0, 0.05) is 24.5 Å². The summed E-state index contributed by atoms with van der Waals surface area (Å²) < 4.78 is 2.28. The summed E-state index contributed by atoms with van der Waals surface area (Å²) in [6, 6.07) is 8.29. The van der Waals surface area contributed by atoms with E-state index in [0.29, 0.717) is 6.54 Å². The second-order valence-electron chi connectivity index (χ2n) is 6.52. The number of hydrogen-bond acceptors (Lipinski definition) is 4. The monoisotopic (exact) mass is 384 g/mol. The number of benzene rings is 1. The Hall–Kier alpha value is -2.41. The Morgan fingerprint density at radius 2 is 1.96 bits per heavy atom. The molecule has 0 aliphatic rings. The zero-order valence-corrected chi connectivity index (χ0v) is 17.4. The molecule has 1 aromatic carbocycles. The number of nitrogens with one attached hydrogen (secondary N) is 2. The van der Waals surface area contributed by atoms with Crippen LogP contribution in [0.3, 0.4) is 0 Å². The predicted octanol–water partition coefficient (Wildman–Crippen LogP) is 3.56. The number of para-hydroxylation sites is 2. The maximum absolute atomic E-state index is 4.66. The third kappa shape index (κ3) is 4.86. The van der Waals surface area contributed by atoms with Gasteiger partial charge in [-0.15, -0.1) is 11.3 Å². The quantitative estimate of drug-likeness (QED) is 0.371. The summed E-state index contributed by atoms with van der Waals surface area (Å²) in [5.74, 6) is 1.90. The van der Waals surface area contributed by atoms with Crippen molar-refractivity contribution in [3.63, 3.8) is 0 Å². The largest absolute Gasteiger partial charge is 0.357 e. The average molecular weight is 385 g/mol. The topological polar surface area (TPSA) is 67.1 Å². The molecule has 0 fully saturated rings. The van der Waals surface area contributed by atoms with E-state index in [4.69, 9.17) is 0 Å². The van der Waals surface area contributed by atoms with Crippen molar-refractivity contribution < 1.29 is 0 Å². The number of hydrogen-bond donors (Lipinski definition) is 2. The minimum atomic E-state index is 0.611. The third-order valence-electron chi connectivity index (χ3n) is 4.49. The number of guanidine groups is 1. The zero-order valence-electron chi connectivity index (χ0n) is 16.5. The lowest BCUT2D eigenvalue weighted by Crippen LogP contribution is -2.38. The van der Waals surface area contributed by atoms with Crippen molar-refractivity contribution in [1.29, 1.82) is 0 Å². The van der Waals surface area contributed by atoms with Gasteiger partial charge in [0.1, 0.15) is 10.8 Å². The van der Waals surface area contributed by atoms with Gasteiger partial charge in [0.15, 0.2) is 5.96 Å². The van der Waals surface area contributed by atoms with Gasteiger partial charge in [0.2, 0.25) is 0 Å². The molecule has 2 aromatic heterocycles. The van der Waals surface area contributed by atoms with Crippen molar-refractivity contribution in [2.24, 2.45) is 4.99 Å². The van der Waals surface area contributed by atoms with Crippen molar-refractivity contribution in [3.05, 3.63) is 45.7 Å². The number of aromatic nitrogens is 3. The fraction of sp³-hybridized carbons (Fsp3) is 0.450. The minimum absolute atomic E-state index is 0.611. The van der Waals surface area contributed by atoms with Gasteiger partial charge in [-0.05, 0) is 46.2 Å². The zero-order chi connectivity index (χ0) is 19.2. The molecule has 0 aliphatic carbocycles. The van der Waals surface area contributed by atoms with Gasteiger partial charge in [0.25, 0.3) is 0 Å². The summed E-state index contributed by atoms with van der Waals surface area (Å²) in [6.45, 7) is 11.5. The van der Waals surface area contributed by atoms with Gasteiger partial charge >= 0.3 is 0 Å². The Balaban J connectivity index is 1.54. The molecule has 0 bridgehead atoms.